The quantitative estimate of drug-likeness (QED) is 0.150. The lowest BCUT2D eigenvalue weighted by Crippen LogP contribution is -2.34. The molecule has 1 fully saturated rings. The predicted octanol–water partition coefficient (Wildman–Crippen LogP) is 14.4. The highest BCUT2D eigenvalue weighted by Crippen LogP contribution is 2.58. The van der Waals surface area contributed by atoms with Gasteiger partial charge in [-0.25, -0.2) is 9.97 Å². The molecule has 2 atom stereocenters. The second-order valence-electron chi connectivity index (χ2n) is 16.3. The Labute approximate surface area is 357 Å². The molecule has 3 aliphatic rings. The van der Waals surface area contributed by atoms with Crippen molar-refractivity contribution in [3.05, 3.63) is 236 Å². The first-order valence-corrected chi connectivity index (χ1v) is 21.3. The van der Waals surface area contributed by atoms with E-state index in [0.717, 1.165) is 52.9 Å². The Bertz CT molecular complexity index is 2900. The highest BCUT2D eigenvalue weighted by Gasteiger charge is 2.57. The van der Waals surface area contributed by atoms with Gasteiger partial charge in [-0.2, -0.15) is 0 Å². The maximum absolute atomic E-state index is 5.34. The summed E-state index contributed by atoms with van der Waals surface area (Å²) < 4.78 is 0. The Hall–Kier alpha value is -7.56. The second-order valence-corrected chi connectivity index (χ2v) is 16.3. The Morgan fingerprint density at radius 1 is 0.475 bits per heavy atom. The Kier molecular flexibility index (Phi) is 9.31. The number of nitrogens with zero attached hydrogens (tertiary/aromatic N) is 3. The molecule has 1 aromatic heterocycles. The van der Waals surface area contributed by atoms with E-state index in [4.69, 9.17) is 9.97 Å². The largest absolute Gasteiger partial charge is 0.359 e. The normalized spacial score (nSPS) is 17.8. The first-order valence-electron chi connectivity index (χ1n) is 21.3. The number of nitrogens with one attached hydrogen (secondary N) is 1. The summed E-state index contributed by atoms with van der Waals surface area (Å²) in [5.74, 6) is 0.306. The summed E-state index contributed by atoms with van der Waals surface area (Å²) in [5.41, 5.74) is 17.8. The molecule has 7 aromatic carbocycles. The number of hydrogen-bond acceptors (Lipinski definition) is 4. The highest BCUT2D eigenvalue weighted by molar-refractivity contribution is 5.89. The molecular formula is C57H44N4. The van der Waals surface area contributed by atoms with Gasteiger partial charge in [-0.3, -0.25) is 0 Å². The summed E-state index contributed by atoms with van der Waals surface area (Å²) in [7, 11) is 0. The fraction of sp³-hybridized carbons (Fsp3) is 0.0877. The number of anilines is 3. The number of aromatic nitrogens is 2. The summed E-state index contributed by atoms with van der Waals surface area (Å²) in [6.07, 6.45) is 14.4. The van der Waals surface area contributed by atoms with Gasteiger partial charge in [0.25, 0.3) is 0 Å². The minimum atomic E-state index is -0.191. The summed E-state index contributed by atoms with van der Waals surface area (Å²) >= 11 is 0. The van der Waals surface area contributed by atoms with Crippen molar-refractivity contribution in [3.63, 3.8) is 0 Å². The van der Waals surface area contributed by atoms with Crippen molar-refractivity contribution >= 4 is 39.2 Å². The van der Waals surface area contributed by atoms with Crippen molar-refractivity contribution in [1.29, 1.82) is 0 Å². The van der Waals surface area contributed by atoms with Crippen molar-refractivity contribution in [2.75, 3.05) is 10.2 Å². The number of benzene rings is 7. The maximum Gasteiger partial charge on any atom is 0.0966 e. The number of para-hydroxylation sites is 2. The van der Waals surface area contributed by atoms with E-state index in [9.17, 15) is 0 Å². The molecule has 4 nitrogen and oxygen atoms in total. The zero-order valence-electron chi connectivity index (χ0n) is 33.8. The lowest BCUT2D eigenvalue weighted by molar-refractivity contribution is 0.753. The van der Waals surface area contributed by atoms with Crippen molar-refractivity contribution in [3.8, 4) is 33.4 Å². The van der Waals surface area contributed by atoms with Gasteiger partial charge in [0.2, 0.25) is 0 Å². The van der Waals surface area contributed by atoms with Crippen LogP contribution in [0.3, 0.4) is 0 Å². The van der Waals surface area contributed by atoms with E-state index in [-0.39, 0.29) is 5.54 Å². The van der Waals surface area contributed by atoms with E-state index in [2.05, 4.69) is 223 Å². The highest BCUT2D eigenvalue weighted by atomic mass is 15.2. The molecule has 1 N–H and O–H groups in total. The summed E-state index contributed by atoms with van der Waals surface area (Å²) in [6, 6.07) is 66.8. The fourth-order valence-electron chi connectivity index (χ4n) is 9.11. The van der Waals surface area contributed by atoms with Gasteiger partial charge in [0.05, 0.1) is 28.0 Å². The Morgan fingerprint density at radius 3 is 1.44 bits per heavy atom. The van der Waals surface area contributed by atoms with Crippen LogP contribution in [0.15, 0.2) is 224 Å². The van der Waals surface area contributed by atoms with E-state index in [1.807, 2.05) is 6.07 Å². The number of hydrogen-bond donors (Lipinski definition) is 1. The third kappa shape index (κ3) is 7.17. The van der Waals surface area contributed by atoms with Gasteiger partial charge in [0.1, 0.15) is 0 Å². The zero-order valence-corrected chi connectivity index (χ0v) is 33.8. The average Bonchev–Trinajstić information content (AvgIpc) is 4.07. The van der Waals surface area contributed by atoms with Gasteiger partial charge >= 0.3 is 0 Å². The van der Waals surface area contributed by atoms with Gasteiger partial charge in [-0.05, 0) is 118 Å². The number of rotatable bonds is 10. The SMILES string of the molecule is C1=CC2(N(c3ccc(-c4ccccc4)cc3)c3ccc(-c4ccccc4)cc3)CC2C=C1c1nc2ccccc2nc1C1=CC=C(Nc2ccc(-c3ccccc3)cc2)CC1. The van der Waals surface area contributed by atoms with Crippen LogP contribution in [0.4, 0.5) is 17.1 Å². The van der Waals surface area contributed by atoms with Crippen LogP contribution in [0.1, 0.15) is 30.7 Å². The van der Waals surface area contributed by atoms with Gasteiger partial charge in [0.15, 0.2) is 0 Å². The third-order valence-electron chi connectivity index (χ3n) is 12.4. The van der Waals surface area contributed by atoms with E-state index in [1.165, 1.54) is 56.0 Å². The second kappa shape index (κ2) is 15.6. The van der Waals surface area contributed by atoms with E-state index < -0.39 is 0 Å². The van der Waals surface area contributed by atoms with Crippen LogP contribution < -0.4 is 10.2 Å². The molecule has 0 radical (unpaired) electrons. The van der Waals surface area contributed by atoms with Crippen LogP contribution >= 0.6 is 0 Å². The monoisotopic (exact) mass is 784 g/mol. The van der Waals surface area contributed by atoms with E-state index in [0.29, 0.717) is 5.92 Å². The minimum Gasteiger partial charge on any atom is -0.359 e. The molecule has 0 amide bonds. The van der Waals surface area contributed by atoms with Crippen LogP contribution in [0.2, 0.25) is 0 Å². The molecule has 0 saturated heterocycles. The zero-order chi connectivity index (χ0) is 40.6. The topological polar surface area (TPSA) is 41.1 Å². The molecule has 3 aliphatic carbocycles. The molecule has 0 aliphatic heterocycles. The average molecular weight is 785 g/mol. The van der Waals surface area contributed by atoms with Crippen LogP contribution in [0.5, 0.6) is 0 Å². The molecule has 1 saturated carbocycles. The predicted molar refractivity (Wildman–Crippen MR) is 254 cm³/mol. The molecule has 2 unspecified atom stereocenters. The molecule has 0 bridgehead atoms. The molecule has 11 rings (SSSR count). The molecule has 292 valence electrons. The molecule has 61 heavy (non-hydrogen) atoms. The number of fused-ring (bicyclic) bond motifs is 2. The van der Waals surface area contributed by atoms with Gasteiger partial charge in [0, 0.05) is 28.7 Å². The van der Waals surface area contributed by atoms with E-state index >= 15 is 0 Å². The minimum absolute atomic E-state index is 0.191. The number of allylic oxidation sites excluding steroid dienone is 6. The standard InChI is InChI=1S/C57H44N4/c1-4-12-40(13-5-1)43-20-28-49(29-21-43)58-50-30-22-46(23-31-50)55-56(60-54-19-11-10-18-53(54)59-55)47-36-37-57(39-48(57)38-47)61(51-32-24-44(25-33-51)41-14-6-2-7-15-41)52-34-26-45(27-35-52)42-16-8-3-9-17-42/h1-22,24-30,32-38,48,58H,23,31,39H2. The van der Waals surface area contributed by atoms with Gasteiger partial charge < -0.3 is 10.2 Å². The maximum atomic E-state index is 5.34. The van der Waals surface area contributed by atoms with Crippen molar-refractivity contribution in [2.45, 2.75) is 24.8 Å². The van der Waals surface area contributed by atoms with Crippen LogP contribution in [0.25, 0.3) is 55.6 Å². The van der Waals surface area contributed by atoms with Crippen molar-refractivity contribution in [1.82, 2.24) is 9.97 Å². The molecule has 0 spiro atoms. The van der Waals surface area contributed by atoms with Gasteiger partial charge in [-0.1, -0.05) is 164 Å². The third-order valence-corrected chi connectivity index (χ3v) is 12.4. The molecule has 8 aromatic rings. The smallest absolute Gasteiger partial charge is 0.0966 e. The lowest BCUT2D eigenvalue weighted by Gasteiger charge is -2.35. The fourth-order valence-corrected chi connectivity index (χ4v) is 9.11. The first kappa shape index (κ1) is 36.5. The molecular weight excluding hydrogens is 741 g/mol. The molecule has 4 heteroatoms. The summed E-state index contributed by atoms with van der Waals surface area (Å²) in [6.45, 7) is 0. The molecule has 1 heterocycles. The van der Waals surface area contributed by atoms with Crippen LogP contribution in [0, 0.1) is 5.92 Å². The summed E-state index contributed by atoms with van der Waals surface area (Å²) in [4.78, 5) is 13.2. The first-order chi connectivity index (χ1) is 30.2. The van der Waals surface area contributed by atoms with Crippen LogP contribution in [-0.2, 0) is 0 Å². The Balaban J connectivity index is 0.907. The van der Waals surface area contributed by atoms with Crippen molar-refractivity contribution in [2.24, 2.45) is 5.92 Å². The Morgan fingerprint density at radius 2 is 0.951 bits per heavy atom. The van der Waals surface area contributed by atoms with Crippen molar-refractivity contribution < 1.29 is 0 Å². The van der Waals surface area contributed by atoms with E-state index in [1.54, 1.807) is 0 Å². The summed E-state index contributed by atoms with van der Waals surface area (Å²) in [5, 5.41) is 3.67. The lowest BCUT2D eigenvalue weighted by atomic mass is 9.92. The van der Waals surface area contributed by atoms with Crippen LogP contribution in [-0.4, -0.2) is 15.5 Å². The van der Waals surface area contributed by atoms with Gasteiger partial charge in [-0.15, -0.1) is 0 Å².